The van der Waals surface area contributed by atoms with Crippen molar-refractivity contribution in [3.05, 3.63) is 247 Å². The lowest BCUT2D eigenvalue weighted by Gasteiger charge is -2.14. The van der Waals surface area contributed by atoms with E-state index in [1.54, 1.807) is 0 Å². The minimum absolute atomic E-state index is 0.732. The minimum atomic E-state index is 0.732. The molecule has 0 aliphatic carbocycles. The normalized spacial score (nSPS) is 11.8. The van der Waals surface area contributed by atoms with Gasteiger partial charge in [-0.05, 0) is 127 Å². The highest BCUT2D eigenvalue weighted by Crippen LogP contribution is 2.41. The molecule has 0 aliphatic heterocycles. The van der Waals surface area contributed by atoms with Crippen LogP contribution in [0.3, 0.4) is 0 Å². The van der Waals surface area contributed by atoms with Crippen LogP contribution in [0.15, 0.2) is 231 Å². The van der Waals surface area contributed by atoms with Crippen molar-refractivity contribution in [3.8, 4) is 62.1 Å². The molecule has 340 valence electrons. The van der Waals surface area contributed by atoms with Gasteiger partial charge in [0.1, 0.15) is 0 Å². The van der Waals surface area contributed by atoms with Crippen LogP contribution < -0.4 is 0 Å². The van der Waals surface area contributed by atoms with Crippen LogP contribution >= 0.6 is 0 Å². The Morgan fingerprint density at radius 2 is 0.653 bits per heavy atom. The van der Waals surface area contributed by atoms with Crippen molar-refractivity contribution in [2.24, 2.45) is 0 Å². The van der Waals surface area contributed by atoms with Gasteiger partial charge in [0, 0.05) is 66.1 Å². The second-order valence-electron chi connectivity index (χ2n) is 19.1. The van der Waals surface area contributed by atoms with E-state index in [0.29, 0.717) is 0 Å². The molecule has 14 aromatic rings. The molecule has 72 heavy (non-hydrogen) atoms. The third-order valence-electron chi connectivity index (χ3n) is 14.9. The Morgan fingerprint density at radius 1 is 0.264 bits per heavy atom. The largest absolute Gasteiger partial charge is 0.309 e. The summed E-state index contributed by atoms with van der Waals surface area (Å²) in [4.78, 5) is 10.3. The van der Waals surface area contributed by atoms with E-state index in [-0.39, 0.29) is 0 Å². The number of aryl methyl sites for hydroxylation is 3. The molecular formula is C67H47N5. The van der Waals surface area contributed by atoms with E-state index in [1.165, 1.54) is 71.1 Å². The minimum Gasteiger partial charge on any atom is -0.309 e. The van der Waals surface area contributed by atoms with Crippen molar-refractivity contribution in [2.75, 3.05) is 0 Å². The number of hydrogen-bond donors (Lipinski definition) is 0. The average Bonchev–Trinajstić information content (AvgIpc) is 4.06. The summed E-state index contributed by atoms with van der Waals surface area (Å²) in [5.41, 5.74) is 21.4. The van der Waals surface area contributed by atoms with Crippen LogP contribution in [0.2, 0.25) is 0 Å². The topological polar surface area (TPSA) is 40.6 Å². The van der Waals surface area contributed by atoms with Crippen LogP contribution in [0.4, 0.5) is 0 Å². The maximum Gasteiger partial charge on any atom is 0.160 e. The van der Waals surface area contributed by atoms with Gasteiger partial charge in [-0.25, -0.2) is 9.97 Å². The van der Waals surface area contributed by atoms with Crippen LogP contribution in [0, 0.1) is 20.8 Å². The smallest absolute Gasteiger partial charge is 0.160 e. The van der Waals surface area contributed by atoms with Crippen LogP contribution in [-0.2, 0) is 0 Å². The van der Waals surface area contributed by atoms with Crippen molar-refractivity contribution < 1.29 is 0 Å². The van der Waals surface area contributed by atoms with E-state index in [4.69, 9.17) is 9.97 Å². The van der Waals surface area contributed by atoms with Gasteiger partial charge in [0.05, 0.1) is 44.5 Å². The fourth-order valence-corrected chi connectivity index (χ4v) is 11.4. The predicted octanol–water partition coefficient (Wildman–Crippen LogP) is 17.4. The van der Waals surface area contributed by atoms with Crippen molar-refractivity contribution >= 4 is 65.4 Å². The molecule has 0 fully saturated rings. The monoisotopic (exact) mass is 921 g/mol. The molecule has 0 aliphatic rings. The Balaban J connectivity index is 0.902. The fourth-order valence-electron chi connectivity index (χ4n) is 11.4. The van der Waals surface area contributed by atoms with Gasteiger partial charge in [0.25, 0.3) is 0 Å². The van der Waals surface area contributed by atoms with E-state index in [1.807, 2.05) is 0 Å². The number of fused-ring (bicyclic) bond motifs is 9. The van der Waals surface area contributed by atoms with Gasteiger partial charge in [0.15, 0.2) is 5.82 Å². The van der Waals surface area contributed by atoms with Gasteiger partial charge in [-0.15, -0.1) is 0 Å². The van der Waals surface area contributed by atoms with Gasteiger partial charge in [-0.3, -0.25) is 0 Å². The highest BCUT2D eigenvalue weighted by molar-refractivity contribution is 6.14. The average molecular weight is 922 g/mol. The second kappa shape index (κ2) is 16.4. The first-order valence-electron chi connectivity index (χ1n) is 24.7. The number of hydrogen-bond acceptors (Lipinski definition) is 2. The van der Waals surface area contributed by atoms with E-state index >= 15 is 0 Å². The van der Waals surface area contributed by atoms with E-state index in [0.717, 1.165) is 73.1 Å². The zero-order chi connectivity index (χ0) is 48.0. The van der Waals surface area contributed by atoms with Gasteiger partial charge in [-0.2, -0.15) is 0 Å². The lowest BCUT2D eigenvalue weighted by Crippen LogP contribution is -1.98. The molecule has 0 amide bonds. The summed E-state index contributed by atoms with van der Waals surface area (Å²) in [7, 11) is 0. The number of aromatic nitrogens is 5. The molecule has 0 unspecified atom stereocenters. The Labute approximate surface area is 417 Å². The first kappa shape index (κ1) is 41.6. The number of rotatable bonds is 7. The van der Waals surface area contributed by atoms with Crippen molar-refractivity contribution in [2.45, 2.75) is 20.8 Å². The second-order valence-corrected chi connectivity index (χ2v) is 19.1. The molecule has 5 nitrogen and oxygen atoms in total. The Morgan fingerprint density at radius 3 is 1.14 bits per heavy atom. The molecule has 0 saturated heterocycles. The number of nitrogens with zero attached hydrogens (tertiary/aromatic N) is 5. The lowest BCUT2D eigenvalue weighted by molar-refractivity contribution is 1.15. The maximum atomic E-state index is 5.18. The zero-order valence-corrected chi connectivity index (χ0v) is 40.2. The molecule has 0 radical (unpaired) electrons. The Hall–Kier alpha value is -9.32. The molecule has 10 aromatic carbocycles. The predicted molar refractivity (Wildman–Crippen MR) is 301 cm³/mol. The molecule has 4 aromatic heterocycles. The highest BCUT2D eigenvalue weighted by Gasteiger charge is 2.20. The standard InChI is InChI=1S/C67H47N5/c1-42-16-4-6-18-51(42)60-41-59(68-67(69-60)52-19-7-5-17-43(52)2)46-30-28-45(29-31-46)50-35-32-47(38-44(50)3)70-65-36-33-48(71-61-24-12-8-20-53(61)54-21-9-13-25-62(54)71)39-57(65)58-40-49(34-37-66(58)70)72-63-26-14-10-22-55(63)56-23-11-15-27-64(56)72/h4-41H,1-3H3. The molecular weight excluding hydrogens is 875 g/mol. The van der Waals surface area contributed by atoms with Gasteiger partial charge in [-0.1, -0.05) is 152 Å². The van der Waals surface area contributed by atoms with Gasteiger partial charge >= 0.3 is 0 Å². The van der Waals surface area contributed by atoms with Crippen LogP contribution in [0.5, 0.6) is 0 Å². The van der Waals surface area contributed by atoms with Crippen molar-refractivity contribution in [1.29, 1.82) is 0 Å². The molecule has 0 spiro atoms. The summed E-state index contributed by atoms with van der Waals surface area (Å²) in [5, 5.41) is 7.41. The summed E-state index contributed by atoms with van der Waals surface area (Å²) >= 11 is 0. The molecule has 14 rings (SSSR count). The molecule has 0 N–H and O–H groups in total. The van der Waals surface area contributed by atoms with Crippen LogP contribution in [0.1, 0.15) is 16.7 Å². The number of para-hydroxylation sites is 4. The summed E-state index contributed by atoms with van der Waals surface area (Å²) in [5.74, 6) is 0.732. The summed E-state index contributed by atoms with van der Waals surface area (Å²) < 4.78 is 7.29. The summed E-state index contributed by atoms with van der Waals surface area (Å²) in [6.45, 7) is 6.49. The summed E-state index contributed by atoms with van der Waals surface area (Å²) in [6.07, 6.45) is 0. The third kappa shape index (κ3) is 6.55. The van der Waals surface area contributed by atoms with E-state index in [9.17, 15) is 0 Å². The van der Waals surface area contributed by atoms with E-state index < -0.39 is 0 Å². The Bertz CT molecular complexity index is 4150. The fraction of sp³-hybridized carbons (Fsp3) is 0.0448. The van der Waals surface area contributed by atoms with Crippen molar-refractivity contribution in [1.82, 2.24) is 23.7 Å². The zero-order valence-electron chi connectivity index (χ0n) is 40.2. The quantitative estimate of drug-likeness (QED) is 0.160. The first-order chi connectivity index (χ1) is 35.4. The molecule has 5 heteroatoms. The molecule has 0 atom stereocenters. The van der Waals surface area contributed by atoms with Crippen LogP contribution in [-0.4, -0.2) is 23.7 Å². The van der Waals surface area contributed by atoms with Gasteiger partial charge in [0.2, 0.25) is 0 Å². The van der Waals surface area contributed by atoms with Gasteiger partial charge < -0.3 is 13.7 Å². The SMILES string of the molecule is Cc1cc(-n2c3ccc(-n4c5ccccc5c5ccccc54)cc3c3cc(-n4c5ccccc5c5ccccc54)ccc32)ccc1-c1ccc(-c2cc(-c3ccccc3C)nc(-c3ccccc3C)n2)cc1. The lowest BCUT2D eigenvalue weighted by atomic mass is 9.97. The molecule has 0 saturated carbocycles. The molecule has 0 bridgehead atoms. The third-order valence-corrected chi connectivity index (χ3v) is 14.9. The molecule has 4 heterocycles. The highest BCUT2D eigenvalue weighted by atomic mass is 15.0. The maximum absolute atomic E-state index is 5.18. The van der Waals surface area contributed by atoms with Crippen LogP contribution in [0.25, 0.3) is 128 Å². The van der Waals surface area contributed by atoms with E-state index in [2.05, 4.69) is 265 Å². The Kier molecular flexibility index (Phi) is 9.48. The number of benzene rings is 10. The van der Waals surface area contributed by atoms with Crippen molar-refractivity contribution in [3.63, 3.8) is 0 Å². The first-order valence-corrected chi connectivity index (χ1v) is 24.7. The summed E-state index contributed by atoms with van der Waals surface area (Å²) in [6, 6.07) is 83.7.